The number of aryl methyl sites for hydroxylation is 6. The quantitative estimate of drug-likeness (QED) is 0.456. The Labute approximate surface area is 213 Å². The average Bonchev–Trinajstić information content (AvgIpc) is 2.73. The Bertz CT molecular complexity index is 1540. The van der Waals surface area contributed by atoms with Gasteiger partial charge in [-0.1, -0.05) is 59.7 Å². The molecule has 0 spiro atoms. The van der Waals surface area contributed by atoms with Crippen molar-refractivity contribution in [3.05, 3.63) is 105 Å². The molecular weight excluding hydrogens is 492 g/mol. The Kier molecular flexibility index (Phi) is 6.62. The van der Waals surface area contributed by atoms with Gasteiger partial charge in [-0.05, 0) is 75.9 Å². The molecule has 0 unspecified atom stereocenters. The maximum absolute atomic E-state index is 13.3. The lowest BCUT2D eigenvalue weighted by Gasteiger charge is -2.16. The molecule has 8 heteroatoms. The van der Waals surface area contributed by atoms with Gasteiger partial charge in [0.2, 0.25) is 0 Å². The van der Waals surface area contributed by atoms with Crippen LogP contribution in [0.1, 0.15) is 44.5 Å². The molecule has 36 heavy (non-hydrogen) atoms. The molecule has 1 aliphatic carbocycles. The first-order chi connectivity index (χ1) is 16.8. The number of hydrogen-bond donors (Lipinski definition) is 0. The molecule has 3 aromatic carbocycles. The summed E-state index contributed by atoms with van der Waals surface area (Å²) in [6.07, 6.45) is 3.00. The van der Waals surface area contributed by atoms with Gasteiger partial charge in [0.1, 0.15) is 0 Å². The topological polar surface area (TPSA) is 93.0 Å². The summed E-state index contributed by atoms with van der Waals surface area (Å²) in [6, 6.07) is 14.2. The van der Waals surface area contributed by atoms with Gasteiger partial charge in [0.05, 0.1) is 21.2 Å². The molecule has 0 fully saturated rings. The zero-order chi connectivity index (χ0) is 26.4. The second kappa shape index (κ2) is 9.26. The third-order valence-electron chi connectivity index (χ3n) is 6.04. The molecule has 0 N–H and O–H groups in total. The number of allylic oxidation sites excluding steroid dienone is 2. The molecule has 3 aromatic rings. The number of nitrogens with zero attached hydrogens (tertiary/aromatic N) is 2. The summed E-state index contributed by atoms with van der Waals surface area (Å²) >= 11 is 0. The Morgan fingerprint density at radius 1 is 0.528 bits per heavy atom. The molecular formula is C28H28N2O4S2. The monoisotopic (exact) mass is 520 g/mol. The summed E-state index contributed by atoms with van der Waals surface area (Å²) in [5.74, 6) is 0. The third kappa shape index (κ3) is 4.83. The molecule has 0 saturated carbocycles. The highest BCUT2D eigenvalue weighted by Gasteiger charge is 2.25. The number of rotatable bonds is 4. The molecule has 0 bridgehead atoms. The first kappa shape index (κ1) is 25.7. The van der Waals surface area contributed by atoms with Crippen LogP contribution in [0.15, 0.2) is 79.3 Å². The van der Waals surface area contributed by atoms with Crippen LogP contribution in [0.5, 0.6) is 0 Å². The van der Waals surface area contributed by atoms with Crippen molar-refractivity contribution in [2.24, 2.45) is 8.80 Å². The molecule has 0 atom stereocenters. The number of benzene rings is 3. The van der Waals surface area contributed by atoms with Crippen molar-refractivity contribution in [2.45, 2.75) is 51.3 Å². The second-order valence-electron chi connectivity index (χ2n) is 9.24. The van der Waals surface area contributed by atoms with Crippen LogP contribution in [-0.4, -0.2) is 28.3 Å². The van der Waals surface area contributed by atoms with E-state index in [1.807, 2.05) is 38.1 Å². The zero-order valence-corrected chi connectivity index (χ0v) is 22.8. The standard InChI is InChI=1S/C28H28N2O4S2/c1-17-13-19(3)27(20(4)14-17)35(31,32)29-25-11-12-26(24-10-8-7-9-23(24)25)30-36(33,34)28-21(5)15-18(2)16-22(28)6/h7-16H,1-6H3. The lowest BCUT2D eigenvalue weighted by Crippen LogP contribution is -2.17. The van der Waals surface area contributed by atoms with Crippen LogP contribution in [0, 0.1) is 41.5 Å². The fourth-order valence-electron chi connectivity index (χ4n) is 4.92. The smallest absolute Gasteiger partial charge is 0.199 e. The first-order valence-electron chi connectivity index (χ1n) is 11.4. The van der Waals surface area contributed by atoms with Crippen molar-refractivity contribution >= 4 is 31.5 Å². The number of hydrogen-bond acceptors (Lipinski definition) is 4. The van der Waals surface area contributed by atoms with Gasteiger partial charge in [0.25, 0.3) is 20.0 Å². The average molecular weight is 521 g/mol. The summed E-state index contributed by atoms with van der Waals surface area (Å²) in [6.45, 7) is 10.8. The maximum Gasteiger partial charge on any atom is 0.283 e. The van der Waals surface area contributed by atoms with Gasteiger partial charge in [0, 0.05) is 11.1 Å². The molecule has 6 nitrogen and oxygen atoms in total. The summed E-state index contributed by atoms with van der Waals surface area (Å²) in [7, 11) is -8.03. The van der Waals surface area contributed by atoms with Gasteiger partial charge in [-0.3, -0.25) is 0 Å². The molecule has 0 aliphatic heterocycles. The van der Waals surface area contributed by atoms with Gasteiger partial charge in [-0.15, -0.1) is 0 Å². The summed E-state index contributed by atoms with van der Waals surface area (Å²) in [5.41, 5.74) is 5.90. The minimum Gasteiger partial charge on any atom is -0.199 e. The fraction of sp³-hybridized carbons (Fsp3) is 0.214. The van der Waals surface area contributed by atoms with Crippen LogP contribution in [-0.2, 0) is 20.0 Å². The van der Waals surface area contributed by atoms with E-state index in [9.17, 15) is 16.8 Å². The van der Waals surface area contributed by atoms with Crippen LogP contribution >= 0.6 is 0 Å². The van der Waals surface area contributed by atoms with E-state index in [1.165, 1.54) is 12.2 Å². The Balaban J connectivity index is 1.85. The highest BCUT2D eigenvalue weighted by atomic mass is 32.2. The fourth-order valence-corrected chi connectivity index (χ4v) is 7.81. The van der Waals surface area contributed by atoms with Crippen LogP contribution in [0.3, 0.4) is 0 Å². The van der Waals surface area contributed by atoms with E-state index in [0.29, 0.717) is 33.4 Å². The predicted molar refractivity (Wildman–Crippen MR) is 144 cm³/mol. The molecule has 0 amide bonds. The van der Waals surface area contributed by atoms with Crippen LogP contribution in [0.2, 0.25) is 0 Å². The molecule has 0 aromatic heterocycles. The third-order valence-corrected chi connectivity index (χ3v) is 9.23. The van der Waals surface area contributed by atoms with Gasteiger partial charge in [0.15, 0.2) is 0 Å². The zero-order valence-electron chi connectivity index (χ0n) is 21.1. The van der Waals surface area contributed by atoms with Gasteiger partial charge in [-0.25, -0.2) is 0 Å². The van der Waals surface area contributed by atoms with Crippen molar-refractivity contribution in [2.75, 3.05) is 0 Å². The summed E-state index contributed by atoms with van der Waals surface area (Å²) in [4.78, 5) is 0.359. The molecule has 1 aliphatic rings. The first-order valence-corrected chi connectivity index (χ1v) is 14.3. The number of sulfonamides is 2. The molecule has 0 radical (unpaired) electrons. The molecule has 0 heterocycles. The second-order valence-corrected chi connectivity index (χ2v) is 12.3. The molecule has 186 valence electrons. The largest absolute Gasteiger partial charge is 0.283 e. The Morgan fingerprint density at radius 3 is 1.14 bits per heavy atom. The van der Waals surface area contributed by atoms with E-state index >= 15 is 0 Å². The highest BCUT2D eigenvalue weighted by molar-refractivity contribution is 7.90. The highest BCUT2D eigenvalue weighted by Crippen LogP contribution is 2.28. The SMILES string of the molecule is Cc1cc(C)c(S(=O)(=O)N=C2C=CC(=NS(=O)(=O)c3c(C)cc(C)cc3C)c3ccccc32)c(C)c1. The van der Waals surface area contributed by atoms with Crippen molar-refractivity contribution in [3.8, 4) is 0 Å². The summed E-state index contributed by atoms with van der Waals surface area (Å²) < 4.78 is 61.6. The van der Waals surface area contributed by atoms with E-state index in [2.05, 4.69) is 8.80 Å². The molecule has 0 saturated heterocycles. The van der Waals surface area contributed by atoms with Crippen molar-refractivity contribution < 1.29 is 16.8 Å². The van der Waals surface area contributed by atoms with E-state index in [-0.39, 0.29) is 21.2 Å². The lowest BCUT2D eigenvalue weighted by atomic mass is 9.94. The lowest BCUT2D eigenvalue weighted by molar-refractivity contribution is 0.595. The normalized spacial score (nSPS) is 15.9. The van der Waals surface area contributed by atoms with Crippen molar-refractivity contribution in [1.82, 2.24) is 0 Å². The van der Waals surface area contributed by atoms with Gasteiger partial charge < -0.3 is 0 Å². The van der Waals surface area contributed by atoms with Crippen molar-refractivity contribution in [3.63, 3.8) is 0 Å². The van der Waals surface area contributed by atoms with E-state index in [4.69, 9.17) is 0 Å². The van der Waals surface area contributed by atoms with Crippen LogP contribution in [0.25, 0.3) is 0 Å². The number of fused-ring (bicyclic) bond motifs is 1. The Hall–Kier alpha value is -3.36. The Morgan fingerprint density at radius 2 is 0.833 bits per heavy atom. The van der Waals surface area contributed by atoms with Crippen LogP contribution < -0.4 is 0 Å². The minimum absolute atomic E-state index is 0.179. The molecule has 4 rings (SSSR count). The van der Waals surface area contributed by atoms with Crippen LogP contribution in [0.4, 0.5) is 0 Å². The van der Waals surface area contributed by atoms with Gasteiger partial charge >= 0.3 is 0 Å². The maximum atomic E-state index is 13.3. The summed E-state index contributed by atoms with van der Waals surface area (Å²) in [5, 5.41) is 0. The predicted octanol–water partition coefficient (Wildman–Crippen LogP) is 5.46. The minimum atomic E-state index is -4.01. The van der Waals surface area contributed by atoms with E-state index in [0.717, 1.165) is 11.1 Å². The van der Waals surface area contributed by atoms with E-state index < -0.39 is 20.0 Å². The van der Waals surface area contributed by atoms with Gasteiger partial charge in [-0.2, -0.15) is 25.6 Å². The van der Waals surface area contributed by atoms with Crippen molar-refractivity contribution in [1.29, 1.82) is 0 Å². The van der Waals surface area contributed by atoms with E-state index in [1.54, 1.807) is 52.0 Å².